The number of rotatable bonds is 1. The molecule has 19 heavy (non-hydrogen) atoms. The van der Waals surface area contributed by atoms with Crippen LogP contribution in [0.2, 0.25) is 0 Å². The van der Waals surface area contributed by atoms with Crippen molar-refractivity contribution in [1.29, 1.82) is 0 Å². The molecule has 1 N–H and O–H groups in total. The van der Waals surface area contributed by atoms with E-state index in [4.69, 9.17) is 4.74 Å². The predicted molar refractivity (Wildman–Crippen MR) is 71.3 cm³/mol. The number of hydrogen-bond acceptors (Lipinski definition) is 3. The second kappa shape index (κ2) is 4.52. The molecule has 0 bridgehead atoms. The highest BCUT2D eigenvalue weighted by Crippen LogP contribution is 2.45. The normalized spacial score (nSPS) is 20.3. The second-order valence-corrected chi connectivity index (χ2v) is 4.65. The molecule has 96 valence electrons. The third-order valence-corrected chi connectivity index (χ3v) is 3.42. The van der Waals surface area contributed by atoms with Crippen LogP contribution >= 0.6 is 0 Å². The SMILES string of the molecule is CC(=O)O[C@@H]1c2ccccc2-c2ccccc2[C@H]1O. The number of aliphatic hydroxyl groups is 1. The average molecular weight is 254 g/mol. The minimum absolute atomic E-state index is 0.391. The molecule has 1 aliphatic carbocycles. The fourth-order valence-electron chi connectivity index (χ4n) is 2.63. The monoisotopic (exact) mass is 254 g/mol. The topological polar surface area (TPSA) is 46.5 Å². The van der Waals surface area contributed by atoms with E-state index < -0.39 is 18.2 Å². The minimum Gasteiger partial charge on any atom is -0.454 e. The summed E-state index contributed by atoms with van der Waals surface area (Å²) >= 11 is 0. The first-order chi connectivity index (χ1) is 9.18. The number of esters is 1. The number of ether oxygens (including phenoxy) is 1. The van der Waals surface area contributed by atoms with Gasteiger partial charge in [0.2, 0.25) is 0 Å². The van der Waals surface area contributed by atoms with Gasteiger partial charge in [0.1, 0.15) is 6.10 Å². The Bertz CT molecular complexity index is 633. The highest BCUT2D eigenvalue weighted by molar-refractivity contribution is 5.75. The van der Waals surface area contributed by atoms with Crippen molar-refractivity contribution in [2.24, 2.45) is 0 Å². The van der Waals surface area contributed by atoms with Crippen LogP contribution in [0.4, 0.5) is 0 Å². The molecule has 2 aromatic rings. The summed E-state index contributed by atoms with van der Waals surface area (Å²) in [6.07, 6.45) is -1.46. The van der Waals surface area contributed by atoms with Gasteiger partial charge in [-0.05, 0) is 16.7 Å². The van der Waals surface area contributed by atoms with Crippen LogP contribution in [0, 0.1) is 0 Å². The molecule has 0 aliphatic heterocycles. The number of carbonyl (C=O) groups excluding carboxylic acids is 1. The number of aliphatic hydroxyl groups excluding tert-OH is 1. The van der Waals surface area contributed by atoms with Crippen molar-refractivity contribution in [2.45, 2.75) is 19.1 Å². The van der Waals surface area contributed by atoms with Gasteiger partial charge in [0.05, 0.1) is 0 Å². The second-order valence-electron chi connectivity index (χ2n) is 4.65. The van der Waals surface area contributed by atoms with E-state index in [1.54, 1.807) is 0 Å². The van der Waals surface area contributed by atoms with Crippen LogP contribution in [0.25, 0.3) is 11.1 Å². The molecule has 3 heteroatoms. The van der Waals surface area contributed by atoms with E-state index in [0.29, 0.717) is 0 Å². The molecule has 0 saturated heterocycles. The first kappa shape index (κ1) is 11.9. The van der Waals surface area contributed by atoms with Gasteiger partial charge in [-0.2, -0.15) is 0 Å². The van der Waals surface area contributed by atoms with Gasteiger partial charge in [0, 0.05) is 12.5 Å². The van der Waals surface area contributed by atoms with E-state index in [-0.39, 0.29) is 0 Å². The van der Waals surface area contributed by atoms with E-state index in [1.165, 1.54) is 6.92 Å². The molecule has 0 heterocycles. The highest BCUT2D eigenvalue weighted by Gasteiger charge is 2.34. The van der Waals surface area contributed by atoms with Gasteiger partial charge < -0.3 is 9.84 Å². The first-order valence-corrected chi connectivity index (χ1v) is 6.22. The fourth-order valence-corrected chi connectivity index (χ4v) is 2.63. The van der Waals surface area contributed by atoms with Crippen LogP contribution < -0.4 is 0 Å². The predicted octanol–water partition coefficient (Wildman–Crippen LogP) is 3.00. The number of carbonyl (C=O) groups is 1. The van der Waals surface area contributed by atoms with Crippen LogP contribution in [0.5, 0.6) is 0 Å². The van der Waals surface area contributed by atoms with Gasteiger partial charge in [0.25, 0.3) is 0 Å². The summed E-state index contributed by atoms with van der Waals surface area (Å²) in [6, 6.07) is 15.4. The molecule has 0 saturated carbocycles. The van der Waals surface area contributed by atoms with Crippen LogP contribution in [-0.4, -0.2) is 11.1 Å². The van der Waals surface area contributed by atoms with E-state index in [1.807, 2.05) is 48.5 Å². The maximum atomic E-state index is 11.2. The summed E-state index contributed by atoms with van der Waals surface area (Å²) in [6.45, 7) is 1.36. The van der Waals surface area contributed by atoms with Crippen molar-refractivity contribution in [3.05, 3.63) is 59.7 Å². The molecule has 2 atom stereocenters. The zero-order chi connectivity index (χ0) is 13.4. The molecule has 0 amide bonds. The Morgan fingerprint density at radius 2 is 1.53 bits per heavy atom. The van der Waals surface area contributed by atoms with Gasteiger partial charge in [-0.25, -0.2) is 0 Å². The maximum absolute atomic E-state index is 11.2. The molecule has 0 aromatic heterocycles. The van der Waals surface area contributed by atoms with E-state index in [0.717, 1.165) is 22.3 Å². The third-order valence-electron chi connectivity index (χ3n) is 3.42. The summed E-state index contributed by atoms with van der Waals surface area (Å²) in [5.41, 5.74) is 3.65. The zero-order valence-corrected chi connectivity index (χ0v) is 10.5. The fraction of sp³-hybridized carbons (Fsp3) is 0.188. The summed E-state index contributed by atoms with van der Waals surface area (Å²) in [4.78, 5) is 11.2. The summed E-state index contributed by atoms with van der Waals surface area (Å²) in [7, 11) is 0. The standard InChI is InChI=1S/C16H14O3/c1-10(17)19-16-14-9-5-3-7-12(14)11-6-2-4-8-13(11)15(16)18/h2-9,15-16,18H,1H3/t15-,16-/m1/s1. The van der Waals surface area contributed by atoms with Gasteiger partial charge in [-0.1, -0.05) is 48.5 Å². The van der Waals surface area contributed by atoms with E-state index in [9.17, 15) is 9.90 Å². The van der Waals surface area contributed by atoms with Gasteiger partial charge in [-0.3, -0.25) is 4.79 Å². The number of fused-ring (bicyclic) bond motifs is 3. The highest BCUT2D eigenvalue weighted by atomic mass is 16.6. The number of hydrogen-bond donors (Lipinski definition) is 1. The minimum atomic E-state index is -0.824. The quantitative estimate of drug-likeness (QED) is 0.796. The lowest BCUT2D eigenvalue weighted by Crippen LogP contribution is -2.21. The average Bonchev–Trinajstić information content (AvgIpc) is 2.43. The Labute approximate surface area is 111 Å². The van der Waals surface area contributed by atoms with Gasteiger partial charge in [-0.15, -0.1) is 0 Å². The van der Waals surface area contributed by atoms with E-state index >= 15 is 0 Å². The van der Waals surface area contributed by atoms with Crippen molar-refractivity contribution < 1.29 is 14.6 Å². The Morgan fingerprint density at radius 1 is 1.00 bits per heavy atom. The summed E-state index contributed by atoms with van der Waals surface area (Å²) in [5, 5.41) is 10.4. The maximum Gasteiger partial charge on any atom is 0.303 e. The first-order valence-electron chi connectivity index (χ1n) is 6.22. The lowest BCUT2D eigenvalue weighted by molar-refractivity contribution is -0.153. The van der Waals surface area contributed by atoms with Crippen molar-refractivity contribution in [1.82, 2.24) is 0 Å². The lowest BCUT2D eigenvalue weighted by atomic mass is 9.82. The molecule has 0 radical (unpaired) electrons. The lowest BCUT2D eigenvalue weighted by Gasteiger charge is -2.31. The molecule has 2 aromatic carbocycles. The Hall–Kier alpha value is -2.13. The molecule has 1 aliphatic rings. The van der Waals surface area contributed by atoms with Crippen LogP contribution in [-0.2, 0) is 9.53 Å². The largest absolute Gasteiger partial charge is 0.454 e. The van der Waals surface area contributed by atoms with Crippen LogP contribution in [0.15, 0.2) is 48.5 Å². The molecule has 3 rings (SSSR count). The van der Waals surface area contributed by atoms with Gasteiger partial charge >= 0.3 is 5.97 Å². The Morgan fingerprint density at radius 3 is 2.16 bits per heavy atom. The van der Waals surface area contributed by atoms with E-state index in [2.05, 4.69) is 0 Å². The Kier molecular flexibility index (Phi) is 2.84. The zero-order valence-electron chi connectivity index (χ0n) is 10.5. The molecule has 3 nitrogen and oxygen atoms in total. The van der Waals surface area contributed by atoms with Crippen molar-refractivity contribution >= 4 is 5.97 Å². The molecular formula is C16H14O3. The summed E-state index contributed by atoms with van der Waals surface area (Å²) < 4.78 is 5.30. The van der Waals surface area contributed by atoms with Crippen molar-refractivity contribution in [3.63, 3.8) is 0 Å². The molecule has 0 unspecified atom stereocenters. The smallest absolute Gasteiger partial charge is 0.303 e. The number of benzene rings is 2. The van der Waals surface area contributed by atoms with Crippen LogP contribution in [0.1, 0.15) is 30.3 Å². The van der Waals surface area contributed by atoms with Crippen molar-refractivity contribution in [3.8, 4) is 11.1 Å². The molecule has 0 fully saturated rings. The Balaban J connectivity index is 2.20. The van der Waals surface area contributed by atoms with Gasteiger partial charge in [0.15, 0.2) is 6.10 Å². The third kappa shape index (κ3) is 1.92. The molecular weight excluding hydrogens is 240 g/mol. The van der Waals surface area contributed by atoms with Crippen LogP contribution in [0.3, 0.4) is 0 Å². The summed E-state index contributed by atoms with van der Waals surface area (Å²) in [5.74, 6) is -0.391. The van der Waals surface area contributed by atoms with Crippen molar-refractivity contribution in [2.75, 3.05) is 0 Å². The molecule has 0 spiro atoms.